The number of aromatic nitrogens is 2. The van der Waals surface area contributed by atoms with Crippen molar-refractivity contribution in [1.82, 2.24) is 9.97 Å². The van der Waals surface area contributed by atoms with Crippen molar-refractivity contribution < 1.29 is 4.39 Å². The van der Waals surface area contributed by atoms with Gasteiger partial charge in [0.1, 0.15) is 11.5 Å². The SMILES string of the molecule is Fc1ccc(Cl)c(-c2nccnc2Cl)c1. The van der Waals surface area contributed by atoms with Crippen LogP contribution in [-0.2, 0) is 0 Å². The monoisotopic (exact) mass is 242 g/mol. The first-order chi connectivity index (χ1) is 7.18. The van der Waals surface area contributed by atoms with Crippen molar-refractivity contribution in [3.63, 3.8) is 0 Å². The Morgan fingerprint density at radius 1 is 1.07 bits per heavy atom. The molecule has 15 heavy (non-hydrogen) atoms. The Bertz CT molecular complexity index is 503. The highest BCUT2D eigenvalue weighted by atomic mass is 35.5. The summed E-state index contributed by atoms with van der Waals surface area (Å²) in [6.45, 7) is 0. The molecule has 1 aromatic heterocycles. The third-order valence-corrected chi connectivity index (χ3v) is 2.44. The fourth-order valence-corrected chi connectivity index (χ4v) is 1.59. The molecule has 2 nitrogen and oxygen atoms in total. The van der Waals surface area contributed by atoms with Crippen molar-refractivity contribution in [2.75, 3.05) is 0 Å². The van der Waals surface area contributed by atoms with E-state index in [9.17, 15) is 4.39 Å². The van der Waals surface area contributed by atoms with Gasteiger partial charge in [0.05, 0.1) is 5.02 Å². The Morgan fingerprint density at radius 2 is 1.80 bits per heavy atom. The molecule has 2 rings (SSSR count). The number of hydrogen-bond donors (Lipinski definition) is 0. The quantitative estimate of drug-likeness (QED) is 0.764. The van der Waals surface area contributed by atoms with Crippen molar-refractivity contribution in [1.29, 1.82) is 0 Å². The van der Waals surface area contributed by atoms with Crippen LogP contribution in [0.3, 0.4) is 0 Å². The van der Waals surface area contributed by atoms with Crippen LogP contribution < -0.4 is 0 Å². The second-order valence-electron chi connectivity index (χ2n) is 2.82. The first-order valence-corrected chi connectivity index (χ1v) is 4.86. The smallest absolute Gasteiger partial charge is 0.155 e. The van der Waals surface area contributed by atoms with Gasteiger partial charge in [0.2, 0.25) is 0 Å². The molecule has 1 aromatic carbocycles. The molecule has 0 radical (unpaired) electrons. The highest BCUT2D eigenvalue weighted by Crippen LogP contribution is 2.30. The first-order valence-electron chi connectivity index (χ1n) is 4.10. The van der Waals surface area contributed by atoms with E-state index in [-0.39, 0.29) is 5.15 Å². The van der Waals surface area contributed by atoms with Gasteiger partial charge in [-0.05, 0) is 18.2 Å². The van der Waals surface area contributed by atoms with Crippen LogP contribution in [0.2, 0.25) is 10.2 Å². The molecule has 0 N–H and O–H groups in total. The lowest BCUT2D eigenvalue weighted by molar-refractivity contribution is 0.628. The zero-order valence-electron chi connectivity index (χ0n) is 7.42. The van der Waals surface area contributed by atoms with Gasteiger partial charge in [0.25, 0.3) is 0 Å². The van der Waals surface area contributed by atoms with Gasteiger partial charge in [0, 0.05) is 18.0 Å². The average Bonchev–Trinajstić information content (AvgIpc) is 2.23. The van der Waals surface area contributed by atoms with Gasteiger partial charge >= 0.3 is 0 Å². The molecular formula is C10H5Cl2FN2. The largest absolute Gasteiger partial charge is 0.251 e. The van der Waals surface area contributed by atoms with Gasteiger partial charge in [0.15, 0.2) is 5.15 Å². The Morgan fingerprint density at radius 3 is 2.53 bits per heavy atom. The van der Waals surface area contributed by atoms with Gasteiger partial charge in [-0.3, -0.25) is 4.98 Å². The molecule has 0 fully saturated rings. The van der Waals surface area contributed by atoms with E-state index in [1.807, 2.05) is 0 Å². The van der Waals surface area contributed by atoms with E-state index in [0.29, 0.717) is 16.3 Å². The molecule has 0 bridgehead atoms. The number of nitrogens with zero attached hydrogens (tertiary/aromatic N) is 2. The highest BCUT2D eigenvalue weighted by molar-refractivity contribution is 6.35. The fourth-order valence-electron chi connectivity index (χ4n) is 1.18. The van der Waals surface area contributed by atoms with Crippen LogP contribution >= 0.6 is 23.2 Å². The summed E-state index contributed by atoms with van der Waals surface area (Å²) < 4.78 is 13.0. The normalized spacial score (nSPS) is 10.3. The standard InChI is InChI=1S/C10H5Cl2FN2/c11-8-2-1-6(13)5-7(8)9-10(12)15-4-3-14-9/h1-5H. The lowest BCUT2D eigenvalue weighted by atomic mass is 10.1. The third kappa shape index (κ3) is 2.08. The Labute approximate surface area is 95.7 Å². The second kappa shape index (κ2) is 4.13. The molecule has 0 aliphatic rings. The van der Waals surface area contributed by atoms with Crippen LogP contribution in [0.15, 0.2) is 30.6 Å². The van der Waals surface area contributed by atoms with Crippen molar-refractivity contribution in [3.8, 4) is 11.3 Å². The molecule has 0 saturated carbocycles. The molecule has 0 saturated heterocycles. The predicted octanol–water partition coefficient (Wildman–Crippen LogP) is 3.59. The lowest BCUT2D eigenvalue weighted by Gasteiger charge is -2.04. The zero-order chi connectivity index (χ0) is 10.8. The van der Waals surface area contributed by atoms with Crippen LogP contribution in [0.4, 0.5) is 4.39 Å². The molecular weight excluding hydrogens is 238 g/mol. The summed E-state index contributed by atoms with van der Waals surface area (Å²) in [5.74, 6) is -0.392. The molecule has 2 aromatic rings. The molecule has 0 unspecified atom stereocenters. The van der Waals surface area contributed by atoms with Crippen LogP contribution in [0, 0.1) is 5.82 Å². The molecule has 0 aliphatic carbocycles. The van der Waals surface area contributed by atoms with Crippen LogP contribution in [0.1, 0.15) is 0 Å². The van der Waals surface area contributed by atoms with E-state index < -0.39 is 5.82 Å². The Kier molecular flexibility index (Phi) is 2.84. The maximum Gasteiger partial charge on any atom is 0.155 e. The van der Waals surface area contributed by atoms with Gasteiger partial charge in [-0.1, -0.05) is 23.2 Å². The Balaban J connectivity index is 2.64. The minimum absolute atomic E-state index is 0.199. The van der Waals surface area contributed by atoms with Gasteiger partial charge < -0.3 is 0 Å². The molecule has 0 spiro atoms. The van der Waals surface area contributed by atoms with E-state index in [2.05, 4.69) is 9.97 Å². The van der Waals surface area contributed by atoms with Crippen LogP contribution in [-0.4, -0.2) is 9.97 Å². The van der Waals surface area contributed by atoms with Gasteiger partial charge in [-0.25, -0.2) is 9.37 Å². The maximum absolute atomic E-state index is 13.0. The summed E-state index contributed by atoms with van der Waals surface area (Å²) in [5.41, 5.74) is 0.818. The maximum atomic E-state index is 13.0. The van der Waals surface area contributed by atoms with E-state index >= 15 is 0 Å². The van der Waals surface area contributed by atoms with E-state index in [4.69, 9.17) is 23.2 Å². The number of rotatable bonds is 1. The summed E-state index contributed by atoms with van der Waals surface area (Å²) in [4.78, 5) is 7.85. The summed E-state index contributed by atoms with van der Waals surface area (Å²) >= 11 is 11.7. The molecule has 0 amide bonds. The first kappa shape index (κ1) is 10.3. The summed E-state index contributed by atoms with van der Waals surface area (Å²) in [6, 6.07) is 4.01. The van der Waals surface area contributed by atoms with Gasteiger partial charge in [-0.15, -0.1) is 0 Å². The van der Waals surface area contributed by atoms with E-state index in [1.54, 1.807) is 0 Å². The molecule has 5 heteroatoms. The number of benzene rings is 1. The Hall–Kier alpha value is -1.19. The van der Waals surface area contributed by atoms with E-state index in [1.165, 1.54) is 30.6 Å². The number of hydrogen-bond acceptors (Lipinski definition) is 2. The van der Waals surface area contributed by atoms with E-state index in [0.717, 1.165) is 0 Å². The molecule has 76 valence electrons. The lowest BCUT2D eigenvalue weighted by Crippen LogP contribution is -1.89. The topological polar surface area (TPSA) is 25.8 Å². The minimum atomic E-state index is -0.392. The number of halogens is 3. The summed E-state index contributed by atoms with van der Waals surface area (Å²) in [6.07, 6.45) is 2.93. The molecule has 1 heterocycles. The van der Waals surface area contributed by atoms with Crippen LogP contribution in [0.25, 0.3) is 11.3 Å². The fraction of sp³-hybridized carbons (Fsp3) is 0. The van der Waals surface area contributed by atoms with Crippen molar-refractivity contribution in [2.45, 2.75) is 0 Å². The third-order valence-electron chi connectivity index (χ3n) is 1.84. The molecule has 0 atom stereocenters. The highest BCUT2D eigenvalue weighted by Gasteiger charge is 2.10. The minimum Gasteiger partial charge on any atom is -0.251 e. The average molecular weight is 243 g/mol. The zero-order valence-corrected chi connectivity index (χ0v) is 8.93. The van der Waals surface area contributed by atoms with Crippen molar-refractivity contribution >= 4 is 23.2 Å². The van der Waals surface area contributed by atoms with Crippen molar-refractivity contribution in [2.24, 2.45) is 0 Å². The predicted molar refractivity (Wildman–Crippen MR) is 57.4 cm³/mol. The summed E-state index contributed by atoms with van der Waals surface area (Å²) in [7, 11) is 0. The summed E-state index contributed by atoms with van der Waals surface area (Å²) in [5, 5.41) is 0.587. The second-order valence-corrected chi connectivity index (χ2v) is 3.59. The van der Waals surface area contributed by atoms with Crippen molar-refractivity contribution in [3.05, 3.63) is 46.6 Å². The van der Waals surface area contributed by atoms with Crippen LogP contribution in [0.5, 0.6) is 0 Å². The molecule has 0 aliphatic heterocycles. The van der Waals surface area contributed by atoms with Gasteiger partial charge in [-0.2, -0.15) is 0 Å².